The van der Waals surface area contributed by atoms with Gasteiger partial charge in [-0.15, -0.1) is 0 Å². The van der Waals surface area contributed by atoms with Gasteiger partial charge in [0.25, 0.3) is 5.91 Å². The van der Waals surface area contributed by atoms with Gasteiger partial charge in [0.2, 0.25) is 0 Å². The number of hydrogen-bond donors (Lipinski definition) is 2. The predicted molar refractivity (Wildman–Crippen MR) is 83.9 cm³/mol. The normalized spacial score (nSPS) is 10.9. The quantitative estimate of drug-likeness (QED) is 0.673. The summed E-state index contributed by atoms with van der Waals surface area (Å²) in [6.45, 7) is 4.25. The number of amides is 2. The van der Waals surface area contributed by atoms with Gasteiger partial charge in [-0.2, -0.15) is 0 Å². The highest BCUT2D eigenvalue weighted by Crippen LogP contribution is 2.15. The van der Waals surface area contributed by atoms with Crippen molar-refractivity contribution in [2.24, 2.45) is 0 Å². The second-order valence-electron chi connectivity index (χ2n) is 5.08. The first kappa shape index (κ1) is 15.6. The fourth-order valence-corrected chi connectivity index (χ4v) is 1.79. The minimum Gasteiger partial charge on any atom is -0.459 e. The van der Waals surface area contributed by atoms with Crippen LogP contribution in [0.4, 0.5) is 0 Å². The molecule has 1 aromatic heterocycles. The van der Waals surface area contributed by atoms with Crippen LogP contribution in [0.5, 0.6) is 0 Å². The molecule has 2 aromatic rings. The zero-order chi connectivity index (χ0) is 15.9. The lowest BCUT2D eigenvalue weighted by Crippen LogP contribution is -2.40. The van der Waals surface area contributed by atoms with Crippen molar-refractivity contribution in [2.75, 3.05) is 0 Å². The number of carbonyl (C=O) groups is 2. The predicted octanol–water partition coefficient (Wildman–Crippen LogP) is 2.88. The molecule has 2 amide bonds. The minimum atomic E-state index is -0.506. The van der Waals surface area contributed by atoms with Gasteiger partial charge in [0.05, 0.1) is 6.26 Å². The van der Waals surface area contributed by atoms with Gasteiger partial charge < -0.3 is 4.42 Å². The average molecular weight is 298 g/mol. The van der Waals surface area contributed by atoms with Crippen molar-refractivity contribution in [3.63, 3.8) is 0 Å². The Morgan fingerprint density at radius 1 is 1.09 bits per heavy atom. The molecular formula is C17H18N2O3. The zero-order valence-electron chi connectivity index (χ0n) is 12.5. The van der Waals surface area contributed by atoms with Crippen LogP contribution < -0.4 is 10.9 Å². The van der Waals surface area contributed by atoms with Crippen LogP contribution in [-0.2, 0) is 4.79 Å². The number of benzene rings is 1. The largest absolute Gasteiger partial charge is 0.459 e. The molecule has 0 aliphatic rings. The Bertz CT molecular complexity index is 656. The molecule has 0 bridgehead atoms. The Labute approximate surface area is 129 Å². The molecule has 0 saturated carbocycles. The van der Waals surface area contributed by atoms with E-state index in [4.69, 9.17) is 4.42 Å². The van der Waals surface area contributed by atoms with Crippen molar-refractivity contribution < 1.29 is 14.0 Å². The Morgan fingerprint density at radius 3 is 2.41 bits per heavy atom. The van der Waals surface area contributed by atoms with Crippen molar-refractivity contribution in [1.82, 2.24) is 10.9 Å². The first-order valence-electron chi connectivity index (χ1n) is 6.98. The van der Waals surface area contributed by atoms with E-state index in [1.54, 1.807) is 12.1 Å². The van der Waals surface area contributed by atoms with Crippen LogP contribution in [0.2, 0.25) is 0 Å². The Kier molecular flexibility index (Phi) is 5.14. The third kappa shape index (κ3) is 4.34. The van der Waals surface area contributed by atoms with E-state index in [9.17, 15) is 9.59 Å². The van der Waals surface area contributed by atoms with E-state index in [1.807, 2.05) is 24.3 Å². The maximum atomic E-state index is 11.6. The molecule has 2 N–H and O–H groups in total. The summed E-state index contributed by atoms with van der Waals surface area (Å²) >= 11 is 0. The molecule has 114 valence electrons. The minimum absolute atomic E-state index is 0.133. The fraction of sp³-hybridized carbons (Fsp3) is 0.176. The van der Waals surface area contributed by atoms with Gasteiger partial charge >= 0.3 is 5.91 Å². The third-order valence-corrected chi connectivity index (χ3v) is 3.07. The summed E-state index contributed by atoms with van der Waals surface area (Å²) in [6, 6.07) is 11.0. The van der Waals surface area contributed by atoms with Crippen LogP contribution in [-0.4, -0.2) is 11.8 Å². The number of nitrogens with one attached hydrogen (secondary N) is 2. The van der Waals surface area contributed by atoms with Gasteiger partial charge in [-0.3, -0.25) is 20.4 Å². The SMILES string of the molecule is CC(C)c1ccc(/C=C/C(=O)NNC(=O)c2ccco2)cc1. The van der Waals surface area contributed by atoms with Crippen LogP contribution in [0, 0.1) is 0 Å². The number of carbonyl (C=O) groups excluding carboxylic acids is 2. The van der Waals surface area contributed by atoms with Crippen LogP contribution in [0.3, 0.4) is 0 Å². The molecule has 0 unspecified atom stereocenters. The fourth-order valence-electron chi connectivity index (χ4n) is 1.79. The maximum Gasteiger partial charge on any atom is 0.305 e. The monoisotopic (exact) mass is 298 g/mol. The molecule has 5 nitrogen and oxygen atoms in total. The van der Waals surface area contributed by atoms with Crippen molar-refractivity contribution in [2.45, 2.75) is 19.8 Å². The molecule has 0 aliphatic carbocycles. The Balaban J connectivity index is 1.84. The van der Waals surface area contributed by atoms with Gasteiger partial charge in [0, 0.05) is 6.08 Å². The van der Waals surface area contributed by atoms with E-state index in [0.29, 0.717) is 5.92 Å². The number of hydrogen-bond acceptors (Lipinski definition) is 3. The lowest BCUT2D eigenvalue weighted by molar-refractivity contribution is -0.117. The van der Waals surface area contributed by atoms with Crippen LogP contribution >= 0.6 is 0 Å². The zero-order valence-corrected chi connectivity index (χ0v) is 12.5. The Hall–Kier alpha value is -2.82. The maximum absolute atomic E-state index is 11.6. The van der Waals surface area contributed by atoms with E-state index in [1.165, 1.54) is 24.0 Å². The molecule has 0 fully saturated rings. The van der Waals surface area contributed by atoms with E-state index < -0.39 is 11.8 Å². The van der Waals surface area contributed by atoms with Gasteiger partial charge in [-0.05, 0) is 35.3 Å². The number of hydrazine groups is 1. The standard InChI is InChI=1S/C17H18N2O3/c1-12(2)14-8-5-13(6-9-14)7-10-16(20)18-19-17(21)15-4-3-11-22-15/h3-12H,1-2H3,(H,18,20)(H,19,21)/b10-7+. The van der Waals surface area contributed by atoms with Crippen molar-refractivity contribution in [1.29, 1.82) is 0 Å². The second kappa shape index (κ2) is 7.26. The van der Waals surface area contributed by atoms with Crippen LogP contribution in [0.25, 0.3) is 6.08 Å². The number of furan rings is 1. The summed E-state index contributed by atoms with van der Waals surface area (Å²) in [6.07, 6.45) is 4.42. The summed E-state index contributed by atoms with van der Waals surface area (Å²) in [5.74, 6) is -0.326. The second-order valence-corrected chi connectivity index (χ2v) is 5.08. The van der Waals surface area contributed by atoms with Gasteiger partial charge in [0.15, 0.2) is 5.76 Å². The smallest absolute Gasteiger partial charge is 0.305 e. The van der Waals surface area contributed by atoms with Gasteiger partial charge in [-0.1, -0.05) is 38.1 Å². The molecule has 1 heterocycles. The first-order valence-corrected chi connectivity index (χ1v) is 6.98. The molecule has 22 heavy (non-hydrogen) atoms. The van der Waals surface area contributed by atoms with Gasteiger partial charge in [-0.25, -0.2) is 0 Å². The molecule has 0 radical (unpaired) electrons. The van der Waals surface area contributed by atoms with E-state index in [-0.39, 0.29) is 5.76 Å². The molecule has 0 atom stereocenters. The lowest BCUT2D eigenvalue weighted by Gasteiger charge is -2.05. The lowest BCUT2D eigenvalue weighted by atomic mass is 10.0. The van der Waals surface area contributed by atoms with Crippen LogP contribution in [0.1, 0.15) is 41.4 Å². The molecule has 0 saturated heterocycles. The van der Waals surface area contributed by atoms with E-state index in [2.05, 4.69) is 24.7 Å². The van der Waals surface area contributed by atoms with Crippen molar-refractivity contribution in [3.8, 4) is 0 Å². The molecule has 5 heteroatoms. The third-order valence-electron chi connectivity index (χ3n) is 3.07. The summed E-state index contributed by atoms with van der Waals surface area (Å²) in [5, 5.41) is 0. The van der Waals surface area contributed by atoms with Gasteiger partial charge in [0.1, 0.15) is 0 Å². The van der Waals surface area contributed by atoms with Crippen LogP contribution in [0.15, 0.2) is 53.2 Å². The van der Waals surface area contributed by atoms with Crippen molar-refractivity contribution >= 4 is 17.9 Å². The van der Waals surface area contributed by atoms with E-state index in [0.717, 1.165) is 5.56 Å². The summed E-state index contributed by atoms with van der Waals surface area (Å²) in [5.41, 5.74) is 6.70. The summed E-state index contributed by atoms with van der Waals surface area (Å²) in [4.78, 5) is 23.2. The summed E-state index contributed by atoms with van der Waals surface area (Å²) < 4.78 is 4.91. The highest BCUT2D eigenvalue weighted by Gasteiger charge is 2.07. The molecule has 1 aromatic carbocycles. The molecule has 0 spiro atoms. The average Bonchev–Trinajstić information content (AvgIpc) is 3.05. The highest BCUT2D eigenvalue weighted by molar-refractivity contribution is 5.96. The topological polar surface area (TPSA) is 71.3 Å². The molecule has 2 rings (SSSR count). The Morgan fingerprint density at radius 2 is 1.82 bits per heavy atom. The highest BCUT2D eigenvalue weighted by atomic mass is 16.3. The number of rotatable bonds is 4. The first-order chi connectivity index (χ1) is 10.6. The van der Waals surface area contributed by atoms with E-state index >= 15 is 0 Å². The summed E-state index contributed by atoms with van der Waals surface area (Å²) in [7, 11) is 0. The molecule has 0 aliphatic heterocycles. The molecular weight excluding hydrogens is 280 g/mol. The van der Waals surface area contributed by atoms with Crippen molar-refractivity contribution in [3.05, 3.63) is 65.6 Å².